The Morgan fingerprint density at radius 2 is 1.54 bits per heavy atom. The minimum atomic E-state index is 0.314. The van der Waals surface area contributed by atoms with E-state index >= 15 is 0 Å². The molecule has 0 aromatic carbocycles. The number of hydrogen-bond acceptors (Lipinski definition) is 2. The molecule has 0 aliphatic carbocycles. The summed E-state index contributed by atoms with van der Waals surface area (Å²) in [4.78, 5) is 2.50. The molecule has 1 atom stereocenters. The molecule has 13 heavy (non-hydrogen) atoms. The molecular weight excluding hydrogens is 160 g/mol. The summed E-state index contributed by atoms with van der Waals surface area (Å²) in [6.45, 7) is 10.1. The monoisotopic (exact) mass is 186 g/mol. The second kappa shape index (κ2) is 8.52. The Bertz CT molecular complexity index is 94.3. The van der Waals surface area contributed by atoms with Gasteiger partial charge in [0.1, 0.15) is 0 Å². The van der Waals surface area contributed by atoms with Crippen molar-refractivity contribution >= 4 is 0 Å². The lowest BCUT2D eigenvalue weighted by Gasteiger charge is -2.23. The van der Waals surface area contributed by atoms with E-state index in [1.807, 2.05) is 0 Å². The first kappa shape index (κ1) is 12.9. The Kier molecular flexibility index (Phi) is 8.46. The van der Waals surface area contributed by atoms with E-state index in [-0.39, 0.29) is 0 Å². The quantitative estimate of drug-likeness (QED) is 0.630. The number of nitrogens with two attached hydrogens (primary N) is 1. The highest BCUT2D eigenvalue weighted by atomic mass is 15.1. The van der Waals surface area contributed by atoms with Crippen LogP contribution in [0.5, 0.6) is 0 Å². The van der Waals surface area contributed by atoms with Crippen LogP contribution in [-0.2, 0) is 0 Å². The summed E-state index contributed by atoms with van der Waals surface area (Å²) in [5.41, 5.74) is 5.80. The van der Waals surface area contributed by atoms with E-state index in [0.717, 1.165) is 6.54 Å². The molecule has 0 aliphatic rings. The topological polar surface area (TPSA) is 29.3 Å². The SMILES string of the molecule is CCCCN(CCCC)C[C@@H](C)N. The molecule has 0 bridgehead atoms. The molecule has 0 aromatic heterocycles. The highest BCUT2D eigenvalue weighted by Gasteiger charge is 2.05. The molecule has 0 amide bonds. The van der Waals surface area contributed by atoms with Crippen LogP contribution in [0.4, 0.5) is 0 Å². The molecule has 2 heteroatoms. The zero-order valence-electron chi connectivity index (χ0n) is 9.55. The van der Waals surface area contributed by atoms with Gasteiger partial charge in [0.2, 0.25) is 0 Å². The van der Waals surface area contributed by atoms with Crippen LogP contribution >= 0.6 is 0 Å². The van der Waals surface area contributed by atoms with Gasteiger partial charge in [-0.05, 0) is 32.9 Å². The van der Waals surface area contributed by atoms with Gasteiger partial charge in [0.15, 0.2) is 0 Å². The minimum Gasteiger partial charge on any atom is -0.327 e. The summed E-state index contributed by atoms with van der Waals surface area (Å²) in [6.07, 6.45) is 5.16. The lowest BCUT2D eigenvalue weighted by Crippen LogP contribution is -2.36. The van der Waals surface area contributed by atoms with E-state index in [2.05, 4.69) is 25.7 Å². The predicted octanol–water partition coefficient (Wildman–Crippen LogP) is 2.24. The maximum absolute atomic E-state index is 5.80. The van der Waals surface area contributed by atoms with Crippen molar-refractivity contribution in [3.05, 3.63) is 0 Å². The molecule has 0 aromatic rings. The molecule has 0 unspecified atom stereocenters. The maximum Gasteiger partial charge on any atom is 0.0139 e. The molecule has 2 N–H and O–H groups in total. The third-order valence-electron chi connectivity index (χ3n) is 2.20. The Morgan fingerprint density at radius 3 is 1.85 bits per heavy atom. The fourth-order valence-corrected chi connectivity index (χ4v) is 1.47. The summed E-state index contributed by atoms with van der Waals surface area (Å²) in [5, 5.41) is 0. The summed E-state index contributed by atoms with van der Waals surface area (Å²) >= 11 is 0. The Balaban J connectivity index is 3.60. The lowest BCUT2D eigenvalue weighted by atomic mass is 10.2. The normalized spacial score (nSPS) is 13.6. The van der Waals surface area contributed by atoms with Crippen molar-refractivity contribution in [2.45, 2.75) is 52.5 Å². The zero-order chi connectivity index (χ0) is 10.1. The second-order valence-electron chi connectivity index (χ2n) is 3.98. The van der Waals surface area contributed by atoms with Gasteiger partial charge in [-0.25, -0.2) is 0 Å². The fraction of sp³-hybridized carbons (Fsp3) is 1.00. The fourth-order valence-electron chi connectivity index (χ4n) is 1.47. The van der Waals surface area contributed by atoms with Crippen molar-refractivity contribution < 1.29 is 0 Å². The summed E-state index contributed by atoms with van der Waals surface area (Å²) < 4.78 is 0. The first-order chi connectivity index (χ1) is 6.20. The number of rotatable bonds is 8. The smallest absolute Gasteiger partial charge is 0.0139 e. The van der Waals surface area contributed by atoms with Crippen LogP contribution in [0.1, 0.15) is 46.5 Å². The molecule has 0 spiro atoms. The molecule has 0 radical (unpaired) electrons. The van der Waals surface area contributed by atoms with Crippen molar-refractivity contribution in [2.24, 2.45) is 5.73 Å². The standard InChI is InChI=1S/C11H26N2/c1-4-6-8-13(9-7-5-2)10-11(3)12/h11H,4-10,12H2,1-3H3/t11-/m1/s1. The zero-order valence-corrected chi connectivity index (χ0v) is 9.55. The third-order valence-corrected chi connectivity index (χ3v) is 2.20. The molecule has 0 aliphatic heterocycles. The molecule has 0 saturated carbocycles. The van der Waals surface area contributed by atoms with E-state index in [9.17, 15) is 0 Å². The van der Waals surface area contributed by atoms with Crippen LogP contribution in [-0.4, -0.2) is 30.6 Å². The summed E-state index contributed by atoms with van der Waals surface area (Å²) in [5.74, 6) is 0. The largest absolute Gasteiger partial charge is 0.327 e. The van der Waals surface area contributed by atoms with Crippen molar-refractivity contribution in [2.75, 3.05) is 19.6 Å². The number of hydrogen-bond donors (Lipinski definition) is 1. The number of unbranched alkanes of at least 4 members (excludes halogenated alkanes) is 2. The summed E-state index contributed by atoms with van der Waals surface area (Å²) in [6, 6.07) is 0.314. The van der Waals surface area contributed by atoms with E-state index in [4.69, 9.17) is 5.73 Å². The van der Waals surface area contributed by atoms with Gasteiger partial charge in [0.25, 0.3) is 0 Å². The van der Waals surface area contributed by atoms with E-state index in [0.29, 0.717) is 6.04 Å². The van der Waals surface area contributed by atoms with Crippen LogP contribution < -0.4 is 5.73 Å². The highest BCUT2D eigenvalue weighted by Crippen LogP contribution is 1.99. The minimum absolute atomic E-state index is 0.314. The van der Waals surface area contributed by atoms with Crippen molar-refractivity contribution in [1.29, 1.82) is 0 Å². The van der Waals surface area contributed by atoms with Crippen molar-refractivity contribution in [1.82, 2.24) is 4.90 Å². The average Bonchev–Trinajstić information content (AvgIpc) is 2.09. The first-order valence-electron chi connectivity index (χ1n) is 5.68. The predicted molar refractivity (Wildman–Crippen MR) is 59.9 cm³/mol. The van der Waals surface area contributed by atoms with Crippen LogP contribution in [0.15, 0.2) is 0 Å². The number of nitrogens with zero attached hydrogens (tertiary/aromatic N) is 1. The molecule has 0 fully saturated rings. The lowest BCUT2D eigenvalue weighted by molar-refractivity contribution is 0.253. The third kappa shape index (κ3) is 8.26. The molecular formula is C11H26N2. The van der Waals surface area contributed by atoms with E-state index in [1.165, 1.54) is 38.8 Å². The van der Waals surface area contributed by atoms with Gasteiger partial charge in [-0.3, -0.25) is 0 Å². The Hall–Kier alpha value is -0.0800. The summed E-state index contributed by atoms with van der Waals surface area (Å²) in [7, 11) is 0. The van der Waals surface area contributed by atoms with E-state index in [1.54, 1.807) is 0 Å². The van der Waals surface area contributed by atoms with Crippen LogP contribution in [0.3, 0.4) is 0 Å². The van der Waals surface area contributed by atoms with Gasteiger partial charge in [-0.1, -0.05) is 26.7 Å². The first-order valence-corrected chi connectivity index (χ1v) is 5.68. The van der Waals surface area contributed by atoms with Gasteiger partial charge >= 0.3 is 0 Å². The van der Waals surface area contributed by atoms with Crippen LogP contribution in [0, 0.1) is 0 Å². The molecule has 2 nitrogen and oxygen atoms in total. The van der Waals surface area contributed by atoms with Gasteiger partial charge in [0, 0.05) is 12.6 Å². The van der Waals surface area contributed by atoms with Crippen molar-refractivity contribution in [3.8, 4) is 0 Å². The Labute approximate surface area is 83.5 Å². The van der Waals surface area contributed by atoms with Gasteiger partial charge in [-0.15, -0.1) is 0 Å². The molecule has 0 saturated heterocycles. The van der Waals surface area contributed by atoms with Gasteiger partial charge in [0.05, 0.1) is 0 Å². The highest BCUT2D eigenvalue weighted by molar-refractivity contribution is 4.63. The van der Waals surface area contributed by atoms with Crippen molar-refractivity contribution in [3.63, 3.8) is 0 Å². The molecule has 0 rings (SSSR count). The maximum atomic E-state index is 5.80. The second-order valence-corrected chi connectivity index (χ2v) is 3.98. The molecule has 0 heterocycles. The van der Waals surface area contributed by atoms with Crippen LogP contribution in [0.2, 0.25) is 0 Å². The van der Waals surface area contributed by atoms with E-state index < -0.39 is 0 Å². The van der Waals surface area contributed by atoms with Gasteiger partial charge in [-0.2, -0.15) is 0 Å². The van der Waals surface area contributed by atoms with Crippen LogP contribution in [0.25, 0.3) is 0 Å². The van der Waals surface area contributed by atoms with Gasteiger partial charge < -0.3 is 10.6 Å². The molecule has 80 valence electrons. The average molecular weight is 186 g/mol. The Morgan fingerprint density at radius 1 is 1.08 bits per heavy atom.